The lowest BCUT2D eigenvalue weighted by Gasteiger charge is -2.11. The first kappa shape index (κ1) is 15.4. The molecule has 0 aliphatic heterocycles. The van der Waals surface area contributed by atoms with E-state index in [0.717, 1.165) is 18.2 Å². The van der Waals surface area contributed by atoms with E-state index in [0.29, 0.717) is 6.07 Å². The summed E-state index contributed by atoms with van der Waals surface area (Å²) in [5.41, 5.74) is -5.69. The molecule has 0 saturated heterocycles. The maximum absolute atomic E-state index is 12.0. The topological polar surface area (TPSA) is 52.6 Å². The highest BCUT2D eigenvalue weighted by atomic mass is 32.2. The summed E-state index contributed by atoms with van der Waals surface area (Å²) in [6.07, 6.45) is -5.07. The van der Waals surface area contributed by atoms with Gasteiger partial charge in [0, 0.05) is 6.07 Å². The highest BCUT2D eigenvalue weighted by Gasteiger charge is 2.48. The number of benzene rings is 1. The molecular formula is C8H4F6O4S. The van der Waals surface area contributed by atoms with Gasteiger partial charge >= 0.3 is 22.0 Å². The van der Waals surface area contributed by atoms with Crippen molar-refractivity contribution in [3.63, 3.8) is 0 Å². The Kier molecular flexibility index (Phi) is 3.89. The summed E-state index contributed by atoms with van der Waals surface area (Å²) in [7, 11) is -5.95. The Labute approximate surface area is 102 Å². The Hall–Kier alpha value is -1.65. The van der Waals surface area contributed by atoms with Crippen molar-refractivity contribution in [2.75, 3.05) is 0 Å². The molecule has 0 fully saturated rings. The summed E-state index contributed by atoms with van der Waals surface area (Å²) in [6.45, 7) is 0. The van der Waals surface area contributed by atoms with Crippen LogP contribution in [0.1, 0.15) is 0 Å². The van der Waals surface area contributed by atoms with Crippen LogP contribution in [0.5, 0.6) is 11.5 Å². The van der Waals surface area contributed by atoms with E-state index in [1.165, 1.54) is 0 Å². The number of halogens is 6. The van der Waals surface area contributed by atoms with Gasteiger partial charge in [-0.2, -0.15) is 21.6 Å². The van der Waals surface area contributed by atoms with Gasteiger partial charge in [-0.25, -0.2) is 0 Å². The van der Waals surface area contributed by atoms with Crippen LogP contribution >= 0.6 is 0 Å². The van der Waals surface area contributed by atoms with Crippen molar-refractivity contribution in [3.8, 4) is 11.5 Å². The van der Waals surface area contributed by atoms with Gasteiger partial charge in [0.25, 0.3) is 0 Å². The van der Waals surface area contributed by atoms with Gasteiger partial charge in [0.2, 0.25) is 0 Å². The Bertz CT molecular complexity index is 547. The lowest BCUT2D eigenvalue weighted by Crippen LogP contribution is -2.28. The second kappa shape index (κ2) is 4.79. The highest BCUT2D eigenvalue weighted by Crippen LogP contribution is 2.30. The molecule has 0 spiro atoms. The van der Waals surface area contributed by atoms with Gasteiger partial charge in [0.15, 0.2) is 0 Å². The maximum atomic E-state index is 12.0. The van der Waals surface area contributed by atoms with Crippen molar-refractivity contribution in [2.45, 2.75) is 11.9 Å². The van der Waals surface area contributed by atoms with Crippen molar-refractivity contribution in [1.82, 2.24) is 0 Å². The standard InChI is InChI=1S/C8H4F6O4S/c9-7(10,11)17-5-2-1-3-6(4-5)18-19(15,16)8(12,13)14/h1-4H. The first-order valence-corrected chi connectivity index (χ1v) is 5.68. The van der Waals surface area contributed by atoms with E-state index < -0.39 is 33.5 Å². The molecule has 0 heterocycles. The van der Waals surface area contributed by atoms with Crippen molar-refractivity contribution in [2.24, 2.45) is 0 Å². The maximum Gasteiger partial charge on any atom is 0.573 e. The van der Waals surface area contributed by atoms with E-state index in [-0.39, 0.29) is 0 Å². The zero-order valence-electron chi connectivity index (χ0n) is 8.62. The molecule has 0 unspecified atom stereocenters. The van der Waals surface area contributed by atoms with Crippen LogP contribution in [0, 0.1) is 0 Å². The lowest BCUT2D eigenvalue weighted by molar-refractivity contribution is -0.274. The van der Waals surface area contributed by atoms with Gasteiger partial charge in [0.1, 0.15) is 11.5 Å². The first-order chi connectivity index (χ1) is 8.41. The SMILES string of the molecule is O=S(=O)(Oc1cccc(OC(F)(F)F)c1)C(F)(F)F. The van der Waals surface area contributed by atoms with Gasteiger partial charge in [-0.05, 0) is 12.1 Å². The van der Waals surface area contributed by atoms with Crippen LogP contribution in [0.3, 0.4) is 0 Å². The third kappa shape index (κ3) is 4.50. The van der Waals surface area contributed by atoms with Crippen LogP contribution in [-0.2, 0) is 10.1 Å². The van der Waals surface area contributed by atoms with Crippen LogP contribution < -0.4 is 8.92 Å². The molecule has 1 rings (SSSR count). The van der Waals surface area contributed by atoms with Crippen LogP contribution in [0.15, 0.2) is 24.3 Å². The Balaban J connectivity index is 2.96. The monoisotopic (exact) mass is 310 g/mol. The lowest BCUT2D eigenvalue weighted by atomic mass is 10.3. The molecule has 19 heavy (non-hydrogen) atoms. The highest BCUT2D eigenvalue weighted by molar-refractivity contribution is 7.87. The molecule has 11 heteroatoms. The van der Waals surface area contributed by atoms with E-state index in [1.807, 2.05) is 0 Å². The predicted molar refractivity (Wildman–Crippen MR) is 48.7 cm³/mol. The molecule has 0 N–H and O–H groups in total. The fourth-order valence-electron chi connectivity index (χ4n) is 0.897. The van der Waals surface area contributed by atoms with Crippen LogP contribution in [0.2, 0.25) is 0 Å². The Morgan fingerprint density at radius 2 is 1.47 bits per heavy atom. The fraction of sp³-hybridized carbons (Fsp3) is 0.250. The Morgan fingerprint density at radius 3 is 1.95 bits per heavy atom. The quantitative estimate of drug-likeness (QED) is 0.489. The van der Waals surface area contributed by atoms with E-state index in [1.54, 1.807) is 0 Å². The summed E-state index contributed by atoms with van der Waals surface area (Å²) in [5.74, 6) is -1.87. The molecule has 0 aliphatic rings. The third-order valence-electron chi connectivity index (χ3n) is 1.53. The van der Waals surface area contributed by atoms with Crippen molar-refractivity contribution >= 4 is 10.1 Å². The number of ether oxygens (including phenoxy) is 1. The van der Waals surface area contributed by atoms with E-state index in [4.69, 9.17) is 0 Å². The summed E-state index contributed by atoms with van der Waals surface area (Å²) in [4.78, 5) is 0. The number of hydrogen-bond donors (Lipinski definition) is 0. The molecule has 0 radical (unpaired) electrons. The molecule has 1 aromatic carbocycles. The van der Waals surface area contributed by atoms with Crippen molar-refractivity contribution < 1.29 is 43.7 Å². The van der Waals surface area contributed by atoms with E-state index >= 15 is 0 Å². The summed E-state index contributed by atoms with van der Waals surface area (Å²) in [5, 5.41) is 0. The molecule has 0 bridgehead atoms. The normalized spacial score (nSPS) is 13.2. The number of rotatable bonds is 3. The largest absolute Gasteiger partial charge is 0.573 e. The summed E-state index contributed by atoms with van der Waals surface area (Å²) in [6, 6.07) is 2.69. The molecule has 0 aromatic heterocycles. The Morgan fingerprint density at radius 1 is 0.947 bits per heavy atom. The van der Waals surface area contributed by atoms with Crippen LogP contribution in [0.25, 0.3) is 0 Å². The molecular weight excluding hydrogens is 306 g/mol. The van der Waals surface area contributed by atoms with Gasteiger partial charge in [-0.15, -0.1) is 13.2 Å². The molecule has 0 amide bonds. The van der Waals surface area contributed by atoms with Crippen LogP contribution in [-0.4, -0.2) is 20.3 Å². The zero-order chi connectivity index (χ0) is 14.9. The van der Waals surface area contributed by atoms with Crippen molar-refractivity contribution in [1.29, 1.82) is 0 Å². The van der Waals surface area contributed by atoms with E-state index in [9.17, 15) is 34.8 Å². The smallest absolute Gasteiger partial charge is 0.406 e. The van der Waals surface area contributed by atoms with Gasteiger partial charge in [-0.3, -0.25) is 0 Å². The minimum absolute atomic E-state index is 0.358. The molecule has 0 saturated carbocycles. The molecule has 4 nitrogen and oxygen atoms in total. The summed E-state index contributed by atoms with van der Waals surface area (Å²) < 4.78 is 99.6. The van der Waals surface area contributed by atoms with Crippen molar-refractivity contribution in [3.05, 3.63) is 24.3 Å². The third-order valence-corrected chi connectivity index (χ3v) is 2.51. The van der Waals surface area contributed by atoms with Gasteiger partial charge < -0.3 is 8.92 Å². The number of alkyl halides is 6. The average Bonchev–Trinajstić information content (AvgIpc) is 2.12. The zero-order valence-corrected chi connectivity index (χ0v) is 9.43. The minimum atomic E-state index is -5.95. The fourth-order valence-corrected chi connectivity index (χ4v) is 1.35. The second-order valence-corrected chi connectivity index (χ2v) is 4.54. The predicted octanol–water partition coefficient (Wildman–Crippen LogP) is 2.81. The van der Waals surface area contributed by atoms with E-state index in [2.05, 4.69) is 8.92 Å². The van der Waals surface area contributed by atoms with Gasteiger partial charge in [0.05, 0.1) is 0 Å². The van der Waals surface area contributed by atoms with Crippen LogP contribution in [0.4, 0.5) is 26.3 Å². The first-order valence-electron chi connectivity index (χ1n) is 4.27. The van der Waals surface area contributed by atoms with Gasteiger partial charge in [-0.1, -0.05) is 6.07 Å². The second-order valence-electron chi connectivity index (χ2n) is 3.01. The molecule has 0 atom stereocenters. The summed E-state index contributed by atoms with van der Waals surface area (Å²) >= 11 is 0. The number of hydrogen-bond acceptors (Lipinski definition) is 4. The molecule has 1 aromatic rings. The molecule has 108 valence electrons. The average molecular weight is 310 g/mol. The minimum Gasteiger partial charge on any atom is -0.406 e. The molecule has 0 aliphatic carbocycles.